The van der Waals surface area contributed by atoms with Gasteiger partial charge < -0.3 is 14.8 Å². The standard InChI is InChI=1S/C26H26ClN3O4/c1-17-7-9-19(10-8-17)15-30-26(27)20(18(2)29-30)11-12-25(32)34-16-24(31)28-22-13-14-33-23-6-4-3-5-21(22)23/h3-12,22H,13-16H2,1-2H3,(H,28,31)/b12-11+. The lowest BCUT2D eigenvalue weighted by Crippen LogP contribution is -2.34. The molecule has 3 aromatic rings. The molecular weight excluding hydrogens is 454 g/mol. The van der Waals surface area contributed by atoms with E-state index >= 15 is 0 Å². The van der Waals surface area contributed by atoms with E-state index in [2.05, 4.69) is 10.4 Å². The van der Waals surface area contributed by atoms with Crippen LogP contribution in [0.5, 0.6) is 5.75 Å². The average Bonchev–Trinajstić information content (AvgIpc) is 3.10. The second-order valence-electron chi connectivity index (χ2n) is 8.17. The number of amides is 1. The van der Waals surface area contributed by atoms with Crippen LogP contribution in [-0.4, -0.2) is 34.9 Å². The number of para-hydroxylation sites is 1. The third kappa shape index (κ3) is 5.66. The fraction of sp³-hybridized carbons (Fsp3) is 0.269. The second-order valence-corrected chi connectivity index (χ2v) is 8.53. The Kier molecular flexibility index (Phi) is 7.33. The van der Waals surface area contributed by atoms with Crippen molar-refractivity contribution in [2.75, 3.05) is 13.2 Å². The van der Waals surface area contributed by atoms with E-state index in [9.17, 15) is 9.59 Å². The molecule has 0 aliphatic carbocycles. The van der Waals surface area contributed by atoms with Crippen molar-refractivity contribution in [3.8, 4) is 5.75 Å². The van der Waals surface area contributed by atoms with E-state index in [1.54, 1.807) is 10.8 Å². The molecule has 4 rings (SSSR count). The largest absolute Gasteiger partial charge is 0.493 e. The molecule has 0 saturated carbocycles. The van der Waals surface area contributed by atoms with Crippen LogP contribution >= 0.6 is 11.6 Å². The van der Waals surface area contributed by atoms with E-state index in [1.165, 1.54) is 11.6 Å². The molecule has 0 radical (unpaired) electrons. The number of aromatic nitrogens is 2. The van der Waals surface area contributed by atoms with Gasteiger partial charge in [-0.05, 0) is 31.6 Å². The minimum absolute atomic E-state index is 0.174. The van der Waals surface area contributed by atoms with Gasteiger partial charge in [0.05, 0.1) is 24.9 Å². The van der Waals surface area contributed by atoms with E-state index in [4.69, 9.17) is 21.1 Å². The van der Waals surface area contributed by atoms with Crippen molar-refractivity contribution < 1.29 is 19.1 Å². The SMILES string of the molecule is Cc1ccc(Cn2nc(C)c(/C=C/C(=O)OCC(=O)NC3CCOc4ccccc43)c2Cl)cc1. The van der Waals surface area contributed by atoms with E-state index in [0.29, 0.717) is 36.0 Å². The summed E-state index contributed by atoms with van der Waals surface area (Å²) in [6.07, 6.45) is 3.47. The molecule has 0 saturated heterocycles. The summed E-state index contributed by atoms with van der Waals surface area (Å²) in [5.41, 5.74) is 4.50. The zero-order valence-electron chi connectivity index (χ0n) is 19.1. The summed E-state index contributed by atoms with van der Waals surface area (Å²) in [7, 11) is 0. The molecule has 0 spiro atoms. The van der Waals surface area contributed by atoms with Crippen LogP contribution in [0.15, 0.2) is 54.6 Å². The lowest BCUT2D eigenvalue weighted by atomic mass is 10.0. The molecule has 1 amide bonds. The summed E-state index contributed by atoms with van der Waals surface area (Å²) in [6, 6.07) is 15.5. The first-order chi connectivity index (χ1) is 16.4. The van der Waals surface area contributed by atoms with Gasteiger partial charge in [-0.25, -0.2) is 9.48 Å². The number of nitrogens with zero attached hydrogens (tertiary/aromatic N) is 2. The summed E-state index contributed by atoms with van der Waals surface area (Å²) in [6.45, 7) is 4.52. The van der Waals surface area contributed by atoms with Crippen molar-refractivity contribution in [1.29, 1.82) is 0 Å². The first kappa shape index (κ1) is 23.6. The number of aryl methyl sites for hydroxylation is 2. The second kappa shape index (κ2) is 10.6. The molecule has 2 heterocycles. The highest BCUT2D eigenvalue weighted by molar-refractivity contribution is 6.31. The monoisotopic (exact) mass is 479 g/mol. The maximum atomic E-state index is 12.3. The van der Waals surface area contributed by atoms with Crippen LogP contribution in [0.2, 0.25) is 5.15 Å². The Hall–Kier alpha value is -3.58. The third-order valence-electron chi connectivity index (χ3n) is 5.59. The van der Waals surface area contributed by atoms with Gasteiger partial charge in [-0.2, -0.15) is 5.10 Å². The number of hydrogen-bond acceptors (Lipinski definition) is 5. The lowest BCUT2D eigenvalue weighted by Gasteiger charge is -2.26. The highest BCUT2D eigenvalue weighted by atomic mass is 35.5. The number of fused-ring (bicyclic) bond motifs is 1. The molecule has 0 fully saturated rings. The van der Waals surface area contributed by atoms with Gasteiger partial charge in [0.1, 0.15) is 10.9 Å². The molecular formula is C26H26ClN3O4. The van der Waals surface area contributed by atoms with Crippen molar-refractivity contribution in [3.63, 3.8) is 0 Å². The van der Waals surface area contributed by atoms with Crippen molar-refractivity contribution in [3.05, 3.63) is 87.7 Å². The number of carbonyl (C=O) groups is 2. The van der Waals surface area contributed by atoms with E-state index in [0.717, 1.165) is 16.9 Å². The number of esters is 1. The minimum atomic E-state index is -0.635. The molecule has 8 heteroatoms. The Labute approximate surface area is 203 Å². The fourth-order valence-corrected chi connectivity index (χ4v) is 4.09. The Balaban J connectivity index is 1.31. The zero-order chi connectivity index (χ0) is 24.1. The molecule has 2 aromatic carbocycles. The number of ether oxygens (including phenoxy) is 2. The van der Waals surface area contributed by atoms with Crippen LogP contribution < -0.4 is 10.1 Å². The first-order valence-electron chi connectivity index (χ1n) is 11.0. The van der Waals surface area contributed by atoms with Gasteiger partial charge in [0.25, 0.3) is 5.91 Å². The van der Waals surface area contributed by atoms with E-state index in [1.807, 2.05) is 62.4 Å². The Bertz CT molecular complexity index is 1220. The lowest BCUT2D eigenvalue weighted by molar-refractivity contribution is -0.144. The predicted octanol–water partition coefficient (Wildman–Crippen LogP) is 4.40. The summed E-state index contributed by atoms with van der Waals surface area (Å²) in [5, 5.41) is 7.80. The number of halogens is 1. The molecule has 1 unspecified atom stereocenters. The van der Waals surface area contributed by atoms with Gasteiger partial charge in [0, 0.05) is 23.6 Å². The van der Waals surface area contributed by atoms with Gasteiger partial charge >= 0.3 is 5.97 Å². The zero-order valence-corrected chi connectivity index (χ0v) is 19.8. The minimum Gasteiger partial charge on any atom is -0.493 e. The highest BCUT2D eigenvalue weighted by Gasteiger charge is 2.23. The highest BCUT2D eigenvalue weighted by Crippen LogP contribution is 2.31. The quantitative estimate of drug-likeness (QED) is 0.401. The third-order valence-corrected chi connectivity index (χ3v) is 5.99. The van der Waals surface area contributed by atoms with E-state index < -0.39 is 5.97 Å². The average molecular weight is 480 g/mol. The number of carbonyl (C=O) groups excluding carboxylic acids is 2. The molecule has 1 atom stereocenters. The summed E-state index contributed by atoms with van der Waals surface area (Å²) >= 11 is 6.49. The molecule has 1 aliphatic heterocycles. The van der Waals surface area contributed by atoms with Gasteiger partial charge in [0.15, 0.2) is 6.61 Å². The van der Waals surface area contributed by atoms with Crippen LogP contribution in [0.4, 0.5) is 0 Å². The number of nitrogens with one attached hydrogen (secondary N) is 1. The Morgan fingerprint density at radius 1 is 1.21 bits per heavy atom. The topological polar surface area (TPSA) is 82.5 Å². The Morgan fingerprint density at radius 3 is 2.76 bits per heavy atom. The normalized spacial score (nSPS) is 15.0. The van der Waals surface area contributed by atoms with Gasteiger partial charge in [-0.1, -0.05) is 59.6 Å². The molecule has 1 aromatic heterocycles. The molecule has 176 valence electrons. The smallest absolute Gasteiger partial charge is 0.331 e. The number of hydrogen-bond donors (Lipinski definition) is 1. The number of benzene rings is 2. The summed E-state index contributed by atoms with van der Waals surface area (Å²) in [4.78, 5) is 24.5. The van der Waals surface area contributed by atoms with Crippen LogP contribution in [0.25, 0.3) is 6.08 Å². The van der Waals surface area contributed by atoms with Crippen LogP contribution in [0, 0.1) is 13.8 Å². The van der Waals surface area contributed by atoms with E-state index in [-0.39, 0.29) is 18.6 Å². The van der Waals surface area contributed by atoms with Crippen molar-refractivity contribution in [2.45, 2.75) is 32.9 Å². The van der Waals surface area contributed by atoms with Crippen molar-refractivity contribution in [2.24, 2.45) is 0 Å². The summed E-state index contributed by atoms with van der Waals surface area (Å²) < 4.78 is 12.4. The molecule has 34 heavy (non-hydrogen) atoms. The number of rotatable bonds is 7. The maximum absolute atomic E-state index is 12.3. The molecule has 0 bridgehead atoms. The molecule has 1 aliphatic rings. The molecule has 7 nitrogen and oxygen atoms in total. The van der Waals surface area contributed by atoms with Crippen LogP contribution in [0.3, 0.4) is 0 Å². The fourth-order valence-electron chi connectivity index (χ4n) is 3.79. The van der Waals surface area contributed by atoms with Crippen LogP contribution in [0.1, 0.15) is 40.4 Å². The van der Waals surface area contributed by atoms with Crippen molar-refractivity contribution in [1.82, 2.24) is 15.1 Å². The van der Waals surface area contributed by atoms with Crippen molar-refractivity contribution >= 4 is 29.6 Å². The van der Waals surface area contributed by atoms with Gasteiger partial charge in [0.2, 0.25) is 0 Å². The first-order valence-corrected chi connectivity index (χ1v) is 11.4. The maximum Gasteiger partial charge on any atom is 0.331 e. The summed E-state index contributed by atoms with van der Waals surface area (Å²) in [5.74, 6) is -0.248. The van der Waals surface area contributed by atoms with Gasteiger partial charge in [-0.15, -0.1) is 0 Å². The van der Waals surface area contributed by atoms with Crippen LogP contribution in [-0.2, 0) is 20.9 Å². The molecule has 1 N–H and O–H groups in total. The Morgan fingerprint density at radius 2 is 1.97 bits per heavy atom. The van der Waals surface area contributed by atoms with Gasteiger partial charge in [-0.3, -0.25) is 4.79 Å². The predicted molar refractivity (Wildman–Crippen MR) is 130 cm³/mol.